The summed E-state index contributed by atoms with van der Waals surface area (Å²) in [5.41, 5.74) is 6.48. The Balaban J connectivity index is 3.00. The molecule has 0 aliphatic carbocycles. The van der Waals surface area contributed by atoms with Crippen molar-refractivity contribution < 1.29 is 9.53 Å². The van der Waals surface area contributed by atoms with Crippen LogP contribution in [0.1, 0.15) is 13.3 Å². The van der Waals surface area contributed by atoms with Gasteiger partial charge in [0.2, 0.25) is 11.8 Å². The average molecular weight is 266 g/mol. The first kappa shape index (κ1) is 15.1. The quantitative estimate of drug-likeness (QED) is 0.831. The van der Waals surface area contributed by atoms with Gasteiger partial charge in [0, 0.05) is 26.7 Å². The molecule has 1 rings (SSSR count). The molecule has 0 fully saturated rings. The number of ether oxygens (including phenoxy) is 1. The SMILES string of the molecule is CCCN(CC(=O)N(C)C)c1nc(OC)ccc1N. The summed E-state index contributed by atoms with van der Waals surface area (Å²) in [6, 6.07) is 3.45. The number of hydrogen-bond acceptors (Lipinski definition) is 5. The van der Waals surface area contributed by atoms with Gasteiger partial charge in [-0.1, -0.05) is 6.92 Å². The average Bonchev–Trinajstić information content (AvgIpc) is 2.38. The number of carbonyl (C=O) groups is 1. The molecule has 1 aromatic rings. The smallest absolute Gasteiger partial charge is 0.241 e. The van der Waals surface area contributed by atoms with E-state index >= 15 is 0 Å². The summed E-state index contributed by atoms with van der Waals surface area (Å²) in [4.78, 5) is 19.6. The van der Waals surface area contributed by atoms with Crippen LogP contribution in [0.3, 0.4) is 0 Å². The summed E-state index contributed by atoms with van der Waals surface area (Å²) in [5.74, 6) is 1.09. The highest BCUT2D eigenvalue weighted by molar-refractivity contribution is 5.82. The molecule has 6 heteroatoms. The monoisotopic (exact) mass is 266 g/mol. The Hall–Kier alpha value is -1.98. The third-order valence-corrected chi connectivity index (χ3v) is 2.71. The molecule has 2 N–H and O–H groups in total. The van der Waals surface area contributed by atoms with Crippen molar-refractivity contribution in [1.82, 2.24) is 9.88 Å². The van der Waals surface area contributed by atoms with Gasteiger partial charge in [0.25, 0.3) is 0 Å². The number of rotatable bonds is 6. The van der Waals surface area contributed by atoms with Crippen LogP contribution < -0.4 is 15.4 Å². The zero-order valence-corrected chi connectivity index (χ0v) is 12.0. The van der Waals surface area contributed by atoms with Crippen molar-refractivity contribution in [3.8, 4) is 5.88 Å². The van der Waals surface area contributed by atoms with E-state index in [1.165, 1.54) is 0 Å². The lowest BCUT2D eigenvalue weighted by molar-refractivity contribution is -0.127. The zero-order chi connectivity index (χ0) is 14.4. The van der Waals surface area contributed by atoms with Crippen LogP contribution in [0.15, 0.2) is 12.1 Å². The third kappa shape index (κ3) is 4.01. The Morgan fingerprint density at radius 1 is 1.42 bits per heavy atom. The van der Waals surface area contributed by atoms with E-state index in [2.05, 4.69) is 4.98 Å². The van der Waals surface area contributed by atoms with Crippen LogP contribution in [0.5, 0.6) is 5.88 Å². The van der Waals surface area contributed by atoms with Crippen LogP contribution in [-0.4, -0.2) is 50.1 Å². The van der Waals surface area contributed by atoms with Crippen molar-refractivity contribution in [2.45, 2.75) is 13.3 Å². The molecule has 0 radical (unpaired) electrons. The summed E-state index contributed by atoms with van der Waals surface area (Å²) in [6.07, 6.45) is 0.902. The maximum atomic E-state index is 11.9. The highest BCUT2D eigenvalue weighted by Gasteiger charge is 2.16. The van der Waals surface area contributed by atoms with Gasteiger partial charge in [0.15, 0.2) is 5.82 Å². The van der Waals surface area contributed by atoms with E-state index in [0.717, 1.165) is 6.42 Å². The van der Waals surface area contributed by atoms with Crippen molar-refractivity contribution >= 4 is 17.4 Å². The molecule has 0 unspecified atom stereocenters. The highest BCUT2D eigenvalue weighted by atomic mass is 16.5. The summed E-state index contributed by atoms with van der Waals surface area (Å²) in [5, 5.41) is 0. The minimum atomic E-state index is 0.0115. The molecule has 0 aromatic carbocycles. The molecule has 0 aliphatic rings. The number of carbonyl (C=O) groups excluding carboxylic acids is 1. The van der Waals surface area contributed by atoms with Gasteiger partial charge in [-0.05, 0) is 12.5 Å². The molecule has 0 spiro atoms. The van der Waals surface area contributed by atoms with Gasteiger partial charge in [-0.2, -0.15) is 4.98 Å². The molecule has 0 bridgehead atoms. The molecule has 0 saturated heterocycles. The van der Waals surface area contributed by atoms with E-state index in [-0.39, 0.29) is 12.5 Å². The fraction of sp³-hybridized carbons (Fsp3) is 0.538. The van der Waals surface area contributed by atoms with Crippen molar-refractivity contribution in [2.24, 2.45) is 0 Å². The molecule has 6 nitrogen and oxygen atoms in total. The number of pyridine rings is 1. The minimum Gasteiger partial charge on any atom is -0.481 e. The minimum absolute atomic E-state index is 0.0115. The molecule has 1 amide bonds. The van der Waals surface area contributed by atoms with Crippen LogP contribution in [0.2, 0.25) is 0 Å². The summed E-state index contributed by atoms with van der Waals surface area (Å²) in [7, 11) is 5.01. The van der Waals surface area contributed by atoms with E-state index in [4.69, 9.17) is 10.5 Å². The van der Waals surface area contributed by atoms with Gasteiger partial charge in [0.1, 0.15) is 0 Å². The molecule has 1 aromatic heterocycles. The van der Waals surface area contributed by atoms with Crippen LogP contribution in [-0.2, 0) is 4.79 Å². The number of methoxy groups -OCH3 is 1. The number of nitrogen functional groups attached to an aromatic ring is 1. The fourth-order valence-electron chi connectivity index (χ4n) is 1.64. The van der Waals surface area contributed by atoms with Gasteiger partial charge < -0.3 is 20.3 Å². The maximum Gasteiger partial charge on any atom is 0.241 e. The zero-order valence-electron chi connectivity index (χ0n) is 12.0. The van der Waals surface area contributed by atoms with Crippen LogP contribution >= 0.6 is 0 Å². The van der Waals surface area contributed by atoms with E-state index in [1.807, 2.05) is 11.8 Å². The number of aromatic nitrogens is 1. The van der Waals surface area contributed by atoms with Gasteiger partial charge in [-0.25, -0.2) is 0 Å². The fourth-order valence-corrected chi connectivity index (χ4v) is 1.64. The van der Waals surface area contributed by atoms with E-state index in [1.54, 1.807) is 38.2 Å². The number of anilines is 2. The molecule has 19 heavy (non-hydrogen) atoms. The maximum absolute atomic E-state index is 11.9. The second-order valence-corrected chi connectivity index (χ2v) is 4.48. The van der Waals surface area contributed by atoms with E-state index in [0.29, 0.717) is 23.9 Å². The predicted octanol–water partition coefficient (Wildman–Crippen LogP) is 0.977. The summed E-state index contributed by atoms with van der Waals surface area (Å²) >= 11 is 0. The van der Waals surface area contributed by atoms with Gasteiger partial charge in [0.05, 0.1) is 19.3 Å². The van der Waals surface area contributed by atoms with Crippen LogP contribution in [0.4, 0.5) is 11.5 Å². The first-order chi connectivity index (χ1) is 8.99. The van der Waals surface area contributed by atoms with Crippen LogP contribution in [0, 0.1) is 0 Å². The van der Waals surface area contributed by atoms with E-state index < -0.39 is 0 Å². The predicted molar refractivity (Wildman–Crippen MR) is 76.4 cm³/mol. The number of nitrogens with two attached hydrogens (primary N) is 1. The van der Waals surface area contributed by atoms with Gasteiger partial charge in [-0.3, -0.25) is 4.79 Å². The third-order valence-electron chi connectivity index (χ3n) is 2.71. The topological polar surface area (TPSA) is 71.7 Å². The van der Waals surface area contributed by atoms with Gasteiger partial charge in [-0.15, -0.1) is 0 Å². The van der Waals surface area contributed by atoms with Crippen molar-refractivity contribution in [2.75, 3.05) is 44.9 Å². The Labute approximate surface area is 114 Å². The molecular formula is C13H22N4O2. The molecule has 0 aliphatic heterocycles. The number of nitrogens with zero attached hydrogens (tertiary/aromatic N) is 3. The first-order valence-corrected chi connectivity index (χ1v) is 6.25. The molecule has 0 atom stereocenters. The summed E-state index contributed by atoms with van der Waals surface area (Å²) < 4.78 is 5.10. The summed E-state index contributed by atoms with van der Waals surface area (Å²) in [6.45, 7) is 3.01. The largest absolute Gasteiger partial charge is 0.481 e. The van der Waals surface area contributed by atoms with Crippen molar-refractivity contribution in [3.63, 3.8) is 0 Å². The van der Waals surface area contributed by atoms with Crippen molar-refractivity contribution in [1.29, 1.82) is 0 Å². The lowest BCUT2D eigenvalue weighted by Gasteiger charge is -2.25. The molecule has 106 valence electrons. The van der Waals surface area contributed by atoms with E-state index in [9.17, 15) is 4.79 Å². The highest BCUT2D eigenvalue weighted by Crippen LogP contribution is 2.23. The molecule has 1 heterocycles. The Morgan fingerprint density at radius 3 is 2.63 bits per heavy atom. The lowest BCUT2D eigenvalue weighted by atomic mass is 10.3. The Morgan fingerprint density at radius 2 is 2.11 bits per heavy atom. The second-order valence-electron chi connectivity index (χ2n) is 4.48. The second kappa shape index (κ2) is 6.82. The lowest BCUT2D eigenvalue weighted by Crippen LogP contribution is -2.38. The number of amides is 1. The standard InChI is InChI=1S/C13H22N4O2/c1-5-8-17(9-12(18)16(2)3)13-10(14)6-7-11(15-13)19-4/h6-7H,5,8-9,14H2,1-4H3. The normalized spacial score (nSPS) is 10.1. The first-order valence-electron chi connectivity index (χ1n) is 6.25. The molecule has 0 saturated carbocycles. The van der Waals surface area contributed by atoms with Crippen molar-refractivity contribution in [3.05, 3.63) is 12.1 Å². The molecular weight excluding hydrogens is 244 g/mol. The number of hydrogen-bond donors (Lipinski definition) is 1. The Bertz CT molecular complexity index is 435. The van der Waals surface area contributed by atoms with Gasteiger partial charge >= 0.3 is 0 Å². The van der Waals surface area contributed by atoms with Crippen LogP contribution in [0.25, 0.3) is 0 Å². The number of likely N-dealkylation sites (N-methyl/N-ethyl adjacent to an activating group) is 1. The Kier molecular flexibility index (Phi) is 5.41.